The molecule has 104 valence electrons. The third-order valence-electron chi connectivity index (χ3n) is 2.41. The first-order valence-corrected chi connectivity index (χ1v) is 5.93. The average Bonchev–Trinajstić information content (AvgIpc) is 2.43. The zero-order chi connectivity index (χ0) is 14.1. The van der Waals surface area contributed by atoms with Crippen molar-refractivity contribution in [1.29, 1.82) is 0 Å². The maximum Gasteiger partial charge on any atom is 0.258 e. The minimum absolute atomic E-state index is 0.104. The van der Waals surface area contributed by atoms with Crippen molar-refractivity contribution in [1.82, 2.24) is 10.2 Å². The molecule has 0 aliphatic carbocycles. The Morgan fingerprint density at radius 3 is 2.63 bits per heavy atom. The molecular formula is C13H18N2O4. The molecule has 0 atom stereocenters. The van der Waals surface area contributed by atoms with E-state index < -0.39 is 0 Å². The number of benzene rings is 1. The number of carbonyl (C=O) groups excluding carboxylic acids is 2. The zero-order valence-electron chi connectivity index (χ0n) is 10.8. The summed E-state index contributed by atoms with van der Waals surface area (Å²) in [6, 6.07) is 8.95. The van der Waals surface area contributed by atoms with Crippen molar-refractivity contribution in [2.24, 2.45) is 0 Å². The van der Waals surface area contributed by atoms with Gasteiger partial charge in [-0.2, -0.15) is 0 Å². The van der Waals surface area contributed by atoms with Crippen molar-refractivity contribution in [2.75, 3.05) is 33.4 Å². The predicted octanol–water partition coefficient (Wildman–Crippen LogP) is -0.368. The lowest BCUT2D eigenvalue weighted by atomic mass is 10.3. The average molecular weight is 266 g/mol. The maximum absolute atomic E-state index is 11.5. The monoisotopic (exact) mass is 266 g/mol. The Labute approximate surface area is 112 Å². The Hall–Kier alpha value is -2.08. The van der Waals surface area contributed by atoms with Crippen molar-refractivity contribution in [3.63, 3.8) is 0 Å². The van der Waals surface area contributed by atoms with Gasteiger partial charge in [0, 0.05) is 13.6 Å². The van der Waals surface area contributed by atoms with E-state index in [-0.39, 0.29) is 38.1 Å². The van der Waals surface area contributed by atoms with E-state index >= 15 is 0 Å². The van der Waals surface area contributed by atoms with E-state index in [2.05, 4.69) is 5.32 Å². The molecule has 0 unspecified atom stereocenters. The van der Waals surface area contributed by atoms with Gasteiger partial charge >= 0.3 is 0 Å². The Balaban J connectivity index is 2.23. The molecule has 0 aromatic heterocycles. The number of rotatable bonds is 7. The summed E-state index contributed by atoms with van der Waals surface area (Å²) in [6.07, 6.45) is 0. The predicted molar refractivity (Wildman–Crippen MR) is 69.7 cm³/mol. The summed E-state index contributed by atoms with van der Waals surface area (Å²) < 4.78 is 5.23. The second-order valence-corrected chi connectivity index (χ2v) is 3.92. The van der Waals surface area contributed by atoms with Gasteiger partial charge in [-0.15, -0.1) is 0 Å². The molecule has 19 heavy (non-hydrogen) atoms. The molecule has 2 N–H and O–H groups in total. The Morgan fingerprint density at radius 2 is 2.00 bits per heavy atom. The van der Waals surface area contributed by atoms with Gasteiger partial charge < -0.3 is 20.1 Å². The molecule has 0 spiro atoms. The highest BCUT2D eigenvalue weighted by molar-refractivity contribution is 5.85. The van der Waals surface area contributed by atoms with Crippen LogP contribution in [0.1, 0.15) is 0 Å². The van der Waals surface area contributed by atoms with Gasteiger partial charge in [0.2, 0.25) is 5.91 Å². The number of nitrogens with one attached hydrogen (secondary N) is 1. The molecule has 0 aliphatic rings. The number of likely N-dealkylation sites (N-methyl/N-ethyl adjacent to an activating group) is 1. The van der Waals surface area contributed by atoms with E-state index in [9.17, 15) is 9.59 Å². The Morgan fingerprint density at radius 1 is 1.32 bits per heavy atom. The van der Waals surface area contributed by atoms with Gasteiger partial charge in [-0.3, -0.25) is 9.59 Å². The van der Waals surface area contributed by atoms with E-state index in [1.54, 1.807) is 31.3 Å². The fourth-order valence-electron chi connectivity index (χ4n) is 1.30. The molecule has 0 saturated carbocycles. The molecule has 1 aromatic rings. The fourth-order valence-corrected chi connectivity index (χ4v) is 1.30. The summed E-state index contributed by atoms with van der Waals surface area (Å²) >= 11 is 0. The number of ether oxygens (including phenoxy) is 1. The molecule has 6 heteroatoms. The van der Waals surface area contributed by atoms with E-state index in [1.807, 2.05) is 6.07 Å². The standard InChI is InChI=1S/C13H18N2O4/c1-15(7-8-16)13(18)9-14-12(17)10-19-11-5-3-2-4-6-11/h2-6,16H,7-10H2,1H3,(H,14,17). The van der Waals surface area contributed by atoms with Crippen LogP contribution >= 0.6 is 0 Å². The number of hydrogen-bond acceptors (Lipinski definition) is 4. The number of carbonyl (C=O) groups is 2. The van der Waals surface area contributed by atoms with Gasteiger partial charge in [0.1, 0.15) is 5.75 Å². The highest BCUT2D eigenvalue weighted by Crippen LogP contribution is 2.07. The highest BCUT2D eigenvalue weighted by atomic mass is 16.5. The molecule has 0 aliphatic heterocycles. The molecule has 0 heterocycles. The highest BCUT2D eigenvalue weighted by Gasteiger charge is 2.10. The molecule has 0 bridgehead atoms. The SMILES string of the molecule is CN(CCO)C(=O)CNC(=O)COc1ccccc1. The van der Waals surface area contributed by atoms with Crippen LogP contribution < -0.4 is 10.1 Å². The Bertz CT molecular complexity index is 408. The minimum atomic E-state index is -0.366. The van der Waals surface area contributed by atoms with Gasteiger partial charge in [-0.05, 0) is 12.1 Å². The third-order valence-corrected chi connectivity index (χ3v) is 2.41. The first kappa shape index (κ1) is 15.0. The lowest BCUT2D eigenvalue weighted by Gasteiger charge is -2.15. The van der Waals surface area contributed by atoms with Crippen LogP contribution in [0.3, 0.4) is 0 Å². The molecule has 0 radical (unpaired) electrons. The summed E-state index contributed by atoms with van der Waals surface area (Å²) in [5.74, 6) is -0.0295. The van der Waals surface area contributed by atoms with Crippen molar-refractivity contribution in [3.05, 3.63) is 30.3 Å². The smallest absolute Gasteiger partial charge is 0.258 e. The Kier molecular flexibility index (Phi) is 6.38. The van der Waals surface area contributed by atoms with E-state index in [1.165, 1.54) is 4.90 Å². The van der Waals surface area contributed by atoms with Gasteiger partial charge in [0.15, 0.2) is 6.61 Å². The lowest BCUT2D eigenvalue weighted by molar-refractivity contribution is -0.132. The second kappa shape index (κ2) is 8.10. The number of nitrogens with zero attached hydrogens (tertiary/aromatic N) is 1. The van der Waals surface area contributed by atoms with Crippen LogP contribution in [0.5, 0.6) is 5.75 Å². The quantitative estimate of drug-likeness (QED) is 0.706. The largest absolute Gasteiger partial charge is 0.484 e. The van der Waals surface area contributed by atoms with Crippen LogP contribution in [0, 0.1) is 0 Å². The van der Waals surface area contributed by atoms with Crippen LogP contribution in [0.15, 0.2) is 30.3 Å². The first-order valence-electron chi connectivity index (χ1n) is 5.93. The molecular weight excluding hydrogens is 248 g/mol. The number of aliphatic hydroxyl groups excluding tert-OH is 1. The number of hydrogen-bond donors (Lipinski definition) is 2. The molecule has 2 amide bonds. The maximum atomic E-state index is 11.5. The van der Waals surface area contributed by atoms with Gasteiger partial charge in [-0.1, -0.05) is 18.2 Å². The van der Waals surface area contributed by atoms with Crippen LogP contribution in [0.4, 0.5) is 0 Å². The minimum Gasteiger partial charge on any atom is -0.484 e. The summed E-state index contributed by atoms with van der Waals surface area (Å²) in [6.45, 7) is -0.100. The van der Waals surface area contributed by atoms with E-state index in [0.717, 1.165) is 0 Å². The topological polar surface area (TPSA) is 78.9 Å². The summed E-state index contributed by atoms with van der Waals surface area (Å²) in [5.41, 5.74) is 0. The van der Waals surface area contributed by atoms with Crippen molar-refractivity contribution >= 4 is 11.8 Å². The van der Waals surface area contributed by atoms with Crippen molar-refractivity contribution in [3.8, 4) is 5.75 Å². The number of para-hydroxylation sites is 1. The van der Waals surface area contributed by atoms with E-state index in [0.29, 0.717) is 5.75 Å². The molecule has 1 rings (SSSR count). The van der Waals surface area contributed by atoms with Crippen molar-refractivity contribution in [2.45, 2.75) is 0 Å². The second-order valence-electron chi connectivity index (χ2n) is 3.92. The summed E-state index contributed by atoms with van der Waals surface area (Å²) in [7, 11) is 1.56. The molecule has 1 aromatic carbocycles. The number of aliphatic hydroxyl groups is 1. The normalized spacial score (nSPS) is 9.79. The van der Waals surface area contributed by atoms with Gasteiger partial charge in [-0.25, -0.2) is 0 Å². The number of amides is 2. The van der Waals surface area contributed by atoms with Crippen LogP contribution in [-0.4, -0.2) is 55.2 Å². The van der Waals surface area contributed by atoms with Crippen LogP contribution in [-0.2, 0) is 9.59 Å². The lowest BCUT2D eigenvalue weighted by Crippen LogP contribution is -2.40. The van der Waals surface area contributed by atoms with Gasteiger partial charge in [0.05, 0.1) is 13.2 Å². The van der Waals surface area contributed by atoms with Crippen LogP contribution in [0.2, 0.25) is 0 Å². The first-order chi connectivity index (χ1) is 9.13. The molecule has 6 nitrogen and oxygen atoms in total. The zero-order valence-corrected chi connectivity index (χ0v) is 10.8. The van der Waals surface area contributed by atoms with Crippen molar-refractivity contribution < 1.29 is 19.4 Å². The van der Waals surface area contributed by atoms with Crippen LogP contribution in [0.25, 0.3) is 0 Å². The molecule has 0 saturated heterocycles. The fraction of sp³-hybridized carbons (Fsp3) is 0.385. The summed E-state index contributed by atoms with van der Waals surface area (Å²) in [5, 5.41) is 11.1. The van der Waals surface area contributed by atoms with E-state index in [4.69, 9.17) is 9.84 Å². The van der Waals surface area contributed by atoms with Gasteiger partial charge in [0.25, 0.3) is 5.91 Å². The third kappa shape index (κ3) is 5.87. The molecule has 0 fully saturated rings. The summed E-state index contributed by atoms with van der Waals surface area (Å²) in [4.78, 5) is 24.3.